The van der Waals surface area contributed by atoms with Gasteiger partial charge in [0.2, 0.25) is 0 Å². The maximum absolute atomic E-state index is 12.7. The SMILES string of the molecule is C=C(NC)c1ccc2c(c1)CCc1cc(C(=O)NC)ccc1C2(C[C@@H](C)NCC(=C)N1C(C#N)C[C@@H]2CC21)c1nc(=O)on1C. The number of amides is 1. The van der Waals surface area contributed by atoms with Crippen molar-refractivity contribution in [1.29, 1.82) is 5.26 Å². The molecule has 2 heterocycles. The number of nitrogens with one attached hydrogen (secondary N) is 3. The number of benzene rings is 2. The number of nitriles is 1. The second-order valence-corrected chi connectivity index (χ2v) is 12.7. The Labute approximate surface area is 263 Å². The first-order valence-corrected chi connectivity index (χ1v) is 15.6. The number of aromatic nitrogens is 2. The zero-order valence-corrected chi connectivity index (χ0v) is 26.4. The number of hydrogen-bond donors (Lipinski definition) is 3. The molecular formula is C35H41N7O3. The van der Waals surface area contributed by atoms with Gasteiger partial charge in [-0.3, -0.25) is 4.79 Å². The number of piperidine rings is 1. The number of fused-ring (bicyclic) bond motifs is 3. The summed E-state index contributed by atoms with van der Waals surface area (Å²) in [4.78, 5) is 32.1. The molecule has 1 amide bonds. The molecule has 234 valence electrons. The van der Waals surface area contributed by atoms with Crippen molar-refractivity contribution >= 4 is 11.6 Å². The van der Waals surface area contributed by atoms with Crippen molar-refractivity contribution in [3.05, 3.63) is 105 Å². The van der Waals surface area contributed by atoms with E-state index in [1.807, 2.05) is 25.2 Å². The number of rotatable bonds is 10. The van der Waals surface area contributed by atoms with Crippen molar-refractivity contribution in [3.8, 4) is 6.07 Å². The fraction of sp³-hybridized carbons (Fsp3) is 0.429. The molecule has 0 bridgehead atoms. The van der Waals surface area contributed by atoms with Crippen LogP contribution >= 0.6 is 0 Å². The average Bonchev–Trinajstić information content (AvgIpc) is 3.61. The van der Waals surface area contributed by atoms with E-state index >= 15 is 0 Å². The summed E-state index contributed by atoms with van der Waals surface area (Å²) in [5.41, 5.74) is 6.55. The number of carbonyl (C=O) groups is 1. The molecule has 5 atom stereocenters. The molecule has 10 nitrogen and oxygen atoms in total. The molecule has 1 aromatic heterocycles. The molecule has 2 aromatic carbocycles. The van der Waals surface area contributed by atoms with Crippen LogP contribution in [0, 0.1) is 17.2 Å². The largest absolute Gasteiger partial charge is 0.459 e. The Hall–Kier alpha value is -4.62. The fourth-order valence-electron chi connectivity index (χ4n) is 7.66. The van der Waals surface area contributed by atoms with E-state index in [0.717, 1.165) is 58.5 Å². The third-order valence-corrected chi connectivity index (χ3v) is 9.91. The van der Waals surface area contributed by atoms with Crippen molar-refractivity contribution in [2.75, 3.05) is 20.6 Å². The van der Waals surface area contributed by atoms with Crippen LogP contribution in [0.1, 0.15) is 70.2 Å². The zero-order chi connectivity index (χ0) is 32.0. The molecule has 1 saturated heterocycles. The van der Waals surface area contributed by atoms with Gasteiger partial charge in [-0.1, -0.05) is 31.4 Å². The first-order chi connectivity index (χ1) is 21.6. The van der Waals surface area contributed by atoms with Crippen LogP contribution in [-0.2, 0) is 25.3 Å². The highest BCUT2D eigenvalue weighted by Crippen LogP contribution is 2.50. The number of aryl methyl sites for hydroxylation is 3. The third kappa shape index (κ3) is 5.25. The molecule has 1 aliphatic heterocycles. The van der Waals surface area contributed by atoms with Crippen LogP contribution in [0.25, 0.3) is 5.70 Å². The van der Waals surface area contributed by atoms with Gasteiger partial charge in [0.05, 0.1) is 11.5 Å². The van der Waals surface area contributed by atoms with Crippen LogP contribution in [0.15, 0.2) is 64.6 Å². The summed E-state index contributed by atoms with van der Waals surface area (Å²) in [6.45, 7) is 11.2. The topological polar surface area (TPSA) is 128 Å². The first kappa shape index (κ1) is 30.4. The quantitative estimate of drug-likeness (QED) is 0.321. The van der Waals surface area contributed by atoms with Gasteiger partial charge in [0.1, 0.15) is 6.04 Å². The van der Waals surface area contributed by atoms with E-state index < -0.39 is 11.2 Å². The van der Waals surface area contributed by atoms with Crippen molar-refractivity contribution < 1.29 is 9.32 Å². The van der Waals surface area contributed by atoms with E-state index in [1.54, 1.807) is 14.1 Å². The molecule has 3 N–H and O–H groups in total. The van der Waals surface area contributed by atoms with Crippen LogP contribution < -0.4 is 21.7 Å². The van der Waals surface area contributed by atoms with Crippen molar-refractivity contribution in [2.45, 2.75) is 62.6 Å². The summed E-state index contributed by atoms with van der Waals surface area (Å²) in [5, 5.41) is 19.3. The Morgan fingerprint density at radius 3 is 2.38 bits per heavy atom. The predicted molar refractivity (Wildman–Crippen MR) is 172 cm³/mol. The summed E-state index contributed by atoms with van der Waals surface area (Å²) in [6.07, 6.45) is 4.00. The summed E-state index contributed by atoms with van der Waals surface area (Å²) in [6, 6.07) is 14.8. The molecule has 2 fully saturated rings. The standard InChI is InChI=1S/C35H41N7O3/c1-20(39-19-21(2)42-28(18-36)15-27-16-31(27)42)17-35(33-40-34(44)45-41(33)6)29-11-9-23(22(3)37-4)13-24(29)7-8-25-14-26(32(43)38-5)10-12-30(25)35/h9-14,20,27-28,31,37,39H,2-3,7-8,15-17,19H2,1,4-6H3,(H,38,43)/t20-,27-,28?,31?,35?/m1/s1. The monoisotopic (exact) mass is 607 g/mol. The lowest BCUT2D eigenvalue weighted by atomic mass is 9.67. The molecule has 6 rings (SSSR count). The van der Waals surface area contributed by atoms with Gasteiger partial charge in [-0.15, -0.1) is 0 Å². The van der Waals surface area contributed by atoms with Crippen LogP contribution in [0.3, 0.4) is 0 Å². The minimum atomic E-state index is -0.888. The Balaban J connectivity index is 1.46. The maximum Gasteiger partial charge on any atom is 0.459 e. The highest BCUT2D eigenvalue weighted by atomic mass is 16.5. The first-order valence-electron chi connectivity index (χ1n) is 15.6. The average molecular weight is 608 g/mol. The Bertz CT molecular complexity index is 1710. The van der Waals surface area contributed by atoms with E-state index in [2.05, 4.69) is 70.2 Å². The molecule has 3 aliphatic rings. The normalized spacial score (nSPS) is 23.5. The van der Waals surface area contributed by atoms with Crippen molar-refractivity contribution in [1.82, 2.24) is 30.6 Å². The van der Waals surface area contributed by atoms with Gasteiger partial charge >= 0.3 is 5.76 Å². The molecular weight excluding hydrogens is 566 g/mol. The number of nitrogens with zero attached hydrogens (tertiary/aromatic N) is 4. The van der Waals surface area contributed by atoms with Gasteiger partial charge in [0.25, 0.3) is 5.91 Å². The highest BCUT2D eigenvalue weighted by molar-refractivity contribution is 5.94. The van der Waals surface area contributed by atoms with E-state index in [-0.39, 0.29) is 18.0 Å². The van der Waals surface area contributed by atoms with Crippen molar-refractivity contribution in [3.63, 3.8) is 0 Å². The molecule has 3 aromatic rings. The number of hydrogen-bond acceptors (Lipinski definition) is 8. The molecule has 10 heteroatoms. The summed E-state index contributed by atoms with van der Waals surface area (Å²) in [7, 11) is 5.19. The van der Waals surface area contributed by atoms with Gasteiger partial charge in [-0.2, -0.15) is 15.0 Å². The fourth-order valence-corrected chi connectivity index (χ4v) is 7.66. The van der Waals surface area contributed by atoms with Crippen LogP contribution in [0.2, 0.25) is 0 Å². The van der Waals surface area contributed by atoms with Crippen LogP contribution in [0.4, 0.5) is 0 Å². The molecule has 2 aliphatic carbocycles. The van der Waals surface area contributed by atoms with E-state index in [0.29, 0.717) is 42.7 Å². The minimum absolute atomic E-state index is 0.0731. The van der Waals surface area contributed by atoms with Gasteiger partial charge in [-0.25, -0.2) is 4.79 Å². The molecule has 0 radical (unpaired) electrons. The lowest BCUT2D eigenvalue weighted by molar-refractivity contribution is 0.0963. The van der Waals surface area contributed by atoms with Gasteiger partial charge in [-0.05, 0) is 91.0 Å². The number of likely N-dealkylation sites (tertiary alicyclic amines) is 1. The highest BCUT2D eigenvalue weighted by Gasteiger charge is 2.52. The Morgan fingerprint density at radius 2 is 1.78 bits per heavy atom. The Morgan fingerprint density at radius 1 is 1.11 bits per heavy atom. The summed E-state index contributed by atoms with van der Waals surface area (Å²) >= 11 is 0. The van der Waals surface area contributed by atoms with Crippen molar-refractivity contribution in [2.24, 2.45) is 13.0 Å². The molecule has 1 saturated carbocycles. The summed E-state index contributed by atoms with van der Waals surface area (Å²) in [5.74, 6) is 0.284. The van der Waals surface area contributed by atoms with Gasteiger partial charge in [0, 0.05) is 56.7 Å². The minimum Gasteiger partial charge on any atom is -0.388 e. The molecule has 45 heavy (non-hydrogen) atoms. The van der Waals surface area contributed by atoms with Gasteiger partial charge in [0.15, 0.2) is 5.82 Å². The number of carbonyl (C=O) groups excluding carboxylic acids is 1. The van der Waals surface area contributed by atoms with Crippen LogP contribution in [-0.4, -0.2) is 59.3 Å². The molecule has 3 unspecified atom stereocenters. The van der Waals surface area contributed by atoms with Crippen LogP contribution in [0.5, 0.6) is 0 Å². The Kier molecular flexibility index (Phi) is 7.91. The second kappa shape index (κ2) is 11.7. The lowest BCUT2D eigenvalue weighted by Gasteiger charge is -2.38. The molecule has 0 spiro atoms. The predicted octanol–water partition coefficient (Wildman–Crippen LogP) is 3.22. The third-order valence-electron chi connectivity index (χ3n) is 9.91. The lowest BCUT2D eigenvalue weighted by Crippen LogP contribution is -2.43. The van der Waals surface area contributed by atoms with Gasteiger partial charge < -0.3 is 25.4 Å². The maximum atomic E-state index is 12.7. The van der Waals surface area contributed by atoms with E-state index in [9.17, 15) is 14.9 Å². The second-order valence-electron chi connectivity index (χ2n) is 12.7. The van der Waals surface area contributed by atoms with E-state index in [4.69, 9.17) is 4.52 Å². The van der Waals surface area contributed by atoms with E-state index in [1.165, 1.54) is 4.74 Å². The summed E-state index contributed by atoms with van der Waals surface area (Å²) < 4.78 is 6.98. The smallest absolute Gasteiger partial charge is 0.388 e. The zero-order valence-electron chi connectivity index (χ0n) is 26.4.